The van der Waals surface area contributed by atoms with Crippen LogP contribution in [-0.2, 0) is 23.8 Å². The average Bonchev–Trinajstić information content (AvgIpc) is 3.06. The topological polar surface area (TPSA) is 231 Å². The number of aliphatic hydroxyl groups excluding tert-OH is 2. The van der Waals surface area contributed by atoms with Crippen molar-refractivity contribution < 1.29 is 68.5 Å². The predicted molar refractivity (Wildman–Crippen MR) is 163 cm³/mol. The van der Waals surface area contributed by atoms with Gasteiger partial charge >= 0.3 is 35.8 Å². The van der Waals surface area contributed by atoms with Gasteiger partial charge in [0.2, 0.25) is 0 Å². The number of carbonyl (C=O) groups excluding carboxylic acids is 3. The smallest absolute Gasteiger partial charge is 0.338 e. The minimum absolute atomic E-state index is 0.0291. The number of carbonyl (C=O) groups is 6. The number of aromatic carboxylic acids is 2. The van der Waals surface area contributed by atoms with Crippen molar-refractivity contribution in [1.82, 2.24) is 0 Å². The summed E-state index contributed by atoms with van der Waals surface area (Å²) in [7, 11) is 0. The van der Waals surface area contributed by atoms with Crippen LogP contribution in [0.15, 0.2) is 48.5 Å². The molecule has 0 radical (unpaired) electrons. The van der Waals surface area contributed by atoms with E-state index in [0.717, 1.165) is 18.9 Å². The molecule has 0 saturated heterocycles. The monoisotopic (exact) mass is 660 g/mol. The highest BCUT2D eigenvalue weighted by Gasteiger charge is 2.33. The Hall–Kier alpha value is -4.82. The summed E-state index contributed by atoms with van der Waals surface area (Å²) < 4.78 is 16.2. The first-order chi connectivity index (χ1) is 22.4. The van der Waals surface area contributed by atoms with Crippen LogP contribution in [0, 0.1) is 5.41 Å². The summed E-state index contributed by atoms with van der Waals surface area (Å²) in [5, 5.41) is 47.2. The molecule has 5 N–H and O–H groups in total. The van der Waals surface area contributed by atoms with E-state index in [1.807, 2.05) is 0 Å². The van der Waals surface area contributed by atoms with E-state index in [2.05, 4.69) is 0 Å². The van der Waals surface area contributed by atoms with E-state index in [0.29, 0.717) is 19.3 Å². The largest absolute Gasteiger partial charge is 0.481 e. The van der Waals surface area contributed by atoms with Gasteiger partial charge in [0.05, 0.1) is 40.9 Å². The fraction of sp³-hybridized carbons (Fsp3) is 0.455. The molecule has 0 saturated carbocycles. The van der Waals surface area contributed by atoms with E-state index in [1.54, 1.807) is 0 Å². The highest BCUT2D eigenvalue weighted by Crippen LogP contribution is 2.26. The molecule has 2 aromatic carbocycles. The minimum atomic E-state index is -1.34. The van der Waals surface area contributed by atoms with Crippen molar-refractivity contribution in [2.45, 2.75) is 63.9 Å². The van der Waals surface area contributed by atoms with Crippen molar-refractivity contribution in [1.29, 1.82) is 0 Å². The van der Waals surface area contributed by atoms with Crippen LogP contribution in [-0.4, -0.2) is 93.9 Å². The third-order valence-electron chi connectivity index (χ3n) is 7.37. The molecule has 2 aromatic rings. The van der Waals surface area contributed by atoms with Gasteiger partial charge in [-0.3, -0.25) is 9.59 Å². The van der Waals surface area contributed by atoms with E-state index in [9.17, 15) is 44.1 Å². The highest BCUT2D eigenvalue weighted by molar-refractivity contribution is 5.95. The summed E-state index contributed by atoms with van der Waals surface area (Å²) in [5.41, 5.74) is -1.60. The molecule has 0 aliphatic heterocycles. The average molecular weight is 661 g/mol. The standard InChI is InChI=1S/C33H40O14/c34-19-33(20-35,21-46-28(38)10-5-3-1-2-4-9-27(36)37)16-15-26(47-32(44)25-8-6-7-24(17-25)30(41)42)18-45-31(43)23-13-11-22(12-14-23)29(39)40/h6-8,11-14,17,26,34-35H,1-5,9-10,15-16,18-21H2,(H,36,37)(H,39,40)(H,41,42). The Kier molecular flexibility index (Phi) is 16.0. The van der Waals surface area contributed by atoms with Crippen molar-refractivity contribution in [2.24, 2.45) is 5.41 Å². The second-order valence-electron chi connectivity index (χ2n) is 11.1. The van der Waals surface area contributed by atoms with E-state index >= 15 is 0 Å². The van der Waals surface area contributed by atoms with Crippen LogP contribution >= 0.6 is 0 Å². The number of hydrogen-bond donors (Lipinski definition) is 5. The first kappa shape index (κ1) is 38.4. The van der Waals surface area contributed by atoms with Crippen LogP contribution in [0.2, 0.25) is 0 Å². The lowest BCUT2D eigenvalue weighted by atomic mass is 9.84. The molecule has 1 unspecified atom stereocenters. The normalized spacial score (nSPS) is 11.7. The number of benzene rings is 2. The maximum absolute atomic E-state index is 12.9. The van der Waals surface area contributed by atoms with Gasteiger partial charge in [0.1, 0.15) is 19.3 Å². The first-order valence-corrected chi connectivity index (χ1v) is 15.0. The fourth-order valence-corrected chi connectivity index (χ4v) is 4.40. The lowest BCUT2D eigenvalue weighted by Gasteiger charge is -2.30. The molecule has 2 rings (SSSR count). The quantitative estimate of drug-likeness (QED) is 0.0690. The summed E-state index contributed by atoms with van der Waals surface area (Å²) in [4.78, 5) is 70.9. The van der Waals surface area contributed by atoms with Crippen molar-refractivity contribution in [2.75, 3.05) is 26.4 Å². The number of ether oxygens (including phenoxy) is 3. The Morgan fingerprint density at radius 1 is 0.660 bits per heavy atom. The van der Waals surface area contributed by atoms with Crippen LogP contribution in [0.3, 0.4) is 0 Å². The third-order valence-corrected chi connectivity index (χ3v) is 7.37. The number of aliphatic carboxylic acids is 1. The van der Waals surface area contributed by atoms with Crippen LogP contribution in [0.4, 0.5) is 0 Å². The molecule has 47 heavy (non-hydrogen) atoms. The Morgan fingerprint density at radius 2 is 1.23 bits per heavy atom. The summed E-state index contributed by atoms with van der Waals surface area (Å²) >= 11 is 0. The summed E-state index contributed by atoms with van der Waals surface area (Å²) in [5.74, 6) is -5.62. The molecule has 0 bridgehead atoms. The molecular formula is C33H40O14. The molecule has 0 heterocycles. The van der Waals surface area contributed by atoms with Gasteiger partial charge < -0.3 is 39.7 Å². The summed E-state index contributed by atoms with van der Waals surface area (Å²) in [6, 6.07) is 10.0. The highest BCUT2D eigenvalue weighted by atomic mass is 16.6. The van der Waals surface area contributed by atoms with Gasteiger partial charge in [-0.25, -0.2) is 19.2 Å². The van der Waals surface area contributed by atoms with Crippen LogP contribution in [0.25, 0.3) is 0 Å². The van der Waals surface area contributed by atoms with Gasteiger partial charge in [0.25, 0.3) is 0 Å². The molecule has 14 heteroatoms. The molecule has 0 aliphatic rings. The number of carboxylic acids is 3. The van der Waals surface area contributed by atoms with Crippen molar-refractivity contribution in [3.8, 4) is 0 Å². The Balaban J connectivity index is 2.05. The number of rotatable bonds is 22. The van der Waals surface area contributed by atoms with E-state index in [4.69, 9.17) is 24.4 Å². The lowest BCUT2D eigenvalue weighted by molar-refractivity contribution is -0.150. The lowest BCUT2D eigenvalue weighted by Crippen LogP contribution is -2.38. The first-order valence-electron chi connectivity index (χ1n) is 15.0. The molecule has 0 spiro atoms. The van der Waals surface area contributed by atoms with Crippen molar-refractivity contribution in [3.63, 3.8) is 0 Å². The maximum Gasteiger partial charge on any atom is 0.338 e. The number of unbranched alkanes of at least 4 members (excludes halogenated alkanes) is 4. The molecular weight excluding hydrogens is 620 g/mol. The Morgan fingerprint density at radius 3 is 1.83 bits per heavy atom. The molecule has 256 valence electrons. The Labute approximate surface area is 270 Å². The number of carboxylic acid groups (broad SMARTS) is 3. The van der Waals surface area contributed by atoms with E-state index < -0.39 is 67.2 Å². The second kappa shape index (κ2) is 19.6. The van der Waals surface area contributed by atoms with Crippen LogP contribution < -0.4 is 0 Å². The minimum Gasteiger partial charge on any atom is -0.481 e. The second-order valence-corrected chi connectivity index (χ2v) is 11.1. The Bertz CT molecular complexity index is 1360. The molecule has 0 aliphatic carbocycles. The van der Waals surface area contributed by atoms with E-state index in [-0.39, 0.29) is 54.5 Å². The van der Waals surface area contributed by atoms with Crippen LogP contribution in [0.1, 0.15) is 99.2 Å². The molecule has 0 amide bonds. The van der Waals surface area contributed by atoms with E-state index in [1.165, 1.54) is 42.5 Å². The van der Waals surface area contributed by atoms with Gasteiger partial charge in [-0.2, -0.15) is 0 Å². The zero-order chi connectivity index (χ0) is 34.8. The summed E-state index contributed by atoms with van der Waals surface area (Å²) in [6.07, 6.45) is 2.17. The fourth-order valence-electron chi connectivity index (χ4n) is 4.40. The third kappa shape index (κ3) is 13.6. The van der Waals surface area contributed by atoms with Gasteiger partial charge in [-0.05, 0) is 68.1 Å². The van der Waals surface area contributed by atoms with Crippen LogP contribution in [0.5, 0.6) is 0 Å². The SMILES string of the molecule is O=C(O)CCCCCCCC(=O)OCC(CO)(CO)CCC(COC(=O)c1ccc(C(=O)O)cc1)OC(=O)c1cccc(C(=O)O)c1. The number of aliphatic hydroxyl groups is 2. The zero-order valence-electron chi connectivity index (χ0n) is 25.8. The van der Waals surface area contributed by atoms with Gasteiger partial charge in [0.15, 0.2) is 0 Å². The predicted octanol–water partition coefficient (Wildman–Crippen LogP) is 3.58. The molecule has 0 fully saturated rings. The molecule has 14 nitrogen and oxygen atoms in total. The zero-order valence-corrected chi connectivity index (χ0v) is 25.8. The summed E-state index contributed by atoms with van der Waals surface area (Å²) in [6.45, 7) is -2.04. The molecule has 0 aromatic heterocycles. The van der Waals surface area contributed by atoms with Crippen molar-refractivity contribution in [3.05, 3.63) is 70.8 Å². The van der Waals surface area contributed by atoms with Crippen molar-refractivity contribution >= 4 is 35.8 Å². The number of hydrogen-bond acceptors (Lipinski definition) is 11. The molecule has 1 atom stereocenters. The number of esters is 3. The van der Waals surface area contributed by atoms with Gasteiger partial charge in [-0.1, -0.05) is 25.3 Å². The maximum atomic E-state index is 12.9. The van der Waals surface area contributed by atoms with Gasteiger partial charge in [0, 0.05) is 12.8 Å². The van der Waals surface area contributed by atoms with Gasteiger partial charge in [-0.15, -0.1) is 0 Å².